The van der Waals surface area contributed by atoms with Gasteiger partial charge < -0.3 is 10.6 Å². The topological polar surface area (TPSA) is 71.1 Å². The van der Waals surface area contributed by atoms with E-state index in [2.05, 4.69) is 31.5 Å². The number of anilines is 1. The van der Waals surface area contributed by atoms with Crippen LogP contribution in [-0.4, -0.2) is 16.8 Å². The zero-order valence-corrected chi connectivity index (χ0v) is 14.6. The number of nitrogens with one attached hydrogen (secondary N) is 2. The predicted octanol–water partition coefficient (Wildman–Crippen LogP) is 3.13. The summed E-state index contributed by atoms with van der Waals surface area (Å²) in [4.78, 5) is 28.9. The summed E-state index contributed by atoms with van der Waals surface area (Å²) in [5.41, 5.74) is 0.177. The summed E-state index contributed by atoms with van der Waals surface area (Å²) in [6, 6.07) is 12.7. The summed E-state index contributed by atoms with van der Waals surface area (Å²) in [6.45, 7) is 3.47. The monoisotopic (exact) mass is 375 g/mol. The highest BCUT2D eigenvalue weighted by atomic mass is 79.9. The maximum Gasteiger partial charge on any atom is 0.239 e. The normalized spacial score (nSPS) is 10.9. The quantitative estimate of drug-likeness (QED) is 0.788. The molecule has 0 saturated carbocycles. The molecule has 2 N–H and O–H groups in total. The molecule has 0 bridgehead atoms. The van der Waals surface area contributed by atoms with E-state index < -0.39 is 5.41 Å². The standard InChI is InChI=1S/C17H18BrN3O2/c1-17(2,15(22)20-11-14-7-3-4-9-19-14)16(23)21-13-8-5-6-12(18)10-13/h3-10H,11H2,1-2H3,(H,20,22)(H,21,23). The molecule has 1 aromatic carbocycles. The van der Waals surface area contributed by atoms with Crippen molar-refractivity contribution in [3.05, 3.63) is 58.8 Å². The number of aromatic nitrogens is 1. The van der Waals surface area contributed by atoms with Gasteiger partial charge in [-0.15, -0.1) is 0 Å². The van der Waals surface area contributed by atoms with E-state index in [0.29, 0.717) is 5.69 Å². The number of halogens is 1. The van der Waals surface area contributed by atoms with Crippen LogP contribution in [0.5, 0.6) is 0 Å². The molecule has 0 aliphatic carbocycles. The van der Waals surface area contributed by atoms with Gasteiger partial charge in [0.25, 0.3) is 0 Å². The first-order chi connectivity index (χ1) is 10.9. The van der Waals surface area contributed by atoms with Crippen molar-refractivity contribution in [3.8, 4) is 0 Å². The Kier molecular flexibility index (Phi) is 5.50. The van der Waals surface area contributed by atoms with Gasteiger partial charge in [0.05, 0.1) is 12.2 Å². The van der Waals surface area contributed by atoms with Crippen LogP contribution in [0, 0.1) is 5.41 Å². The van der Waals surface area contributed by atoms with Crippen molar-refractivity contribution in [2.75, 3.05) is 5.32 Å². The minimum atomic E-state index is -1.20. The van der Waals surface area contributed by atoms with E-state index in [1.807, 2.05) is 24.3 Å². The number of amides is 2. The van der Waals surface area contributed by atoms with Crippen LogP contribution in [0.15, 0.2) is 53.1 Å². The Morgan fingerprint density at radius 1 is 1.13 bits per heavy atom. The van der Waals surface area contributed by atoms with E-state index in [0.717, 1.165) is 10.2 Å². The van der Waals surface area contributed by atoms with Gasteiger partial charge in [-0.3, -0.25) is 14.6 Å². The number of nitrogens with zero attached hydrogens (tertiary/aromatic N) is 1. The molecular weight excluding hydrogens is 358 g/mol. The fourth-order valence-corrected chi connectivity index (χ4v) is 2.25. The second kappa shape index (κ2) is 7.37. The van der Waals surface area contributed by atoms with Gasteiger partial charge >= 0.3 is 0 Å². The predicted molar refractivity (Wildman–Crippen MR) is 92.6 cm³/mol. The summed E-state index contributed by atoms with van der Waals surface area (Å²) in [5.74, 6) is -0.718. The maximum absolute atomic E-state index is 12.4. The lowest BCUT2D eigenvalue weighted by atomic mass is 9.91. The van der Waals surface area contributed by atoms with Gasteiger partial charge in [-0.25, -0.2) is 0 Å². The van der Waals surface area contributed by atoms with Crippen LogP contribution in [0.25, 0.3) is 0 Å². The lowest BCUT2D eigenvalue weighted by Gasteiger charge is -2.22. The van der Waals surface area contributed by atoms with Crippen LogP contribution >= 0.6 is 15.9 Å². The van der Waals surface area contributed by atoms with Crippen LogP contribution in [0.4, 0.5) is 5.69 Å². The number of hydrogen-bond acceptors (Lipinski definition) is 3. The second-order valence-electron chi connectivity index (χ2n) is 5.59. The summed E-state index contributed by atoms with van der Waals surface area (Å²) >= 11 is 3.34. The van der Waals surface area contributed by atoms with Crippen molar-refractivity contribution >= 4 is 33.4 Å². The fraction of sp³-hybridized carbons (Fsp3) is 0.235. The molecule has 2 aromatic rings. The summed E-state index contributed by atoms with van der Waals surface area (Å²) < 4.78 is 0.854. The smallest absolute Gasteiger partial charge is 0.239 e. The van der Waals surface area contributed by atoms with Crippen LogP contribution in [0.3, 0.4) is 0 Å². The zero-order valence-electron chi connectivity index (χ0n) is 13.0. The number of carbonyl (C=O) groups excluding carboxylic acids is 2. The lowest BCUT2D eigenvalue weighted by molar-refractivity contribution is -0.138. The van der Waals surface area contributed by atoms with Crippen LogP contribution in [0.2, 0.25) is 0 Å². The van der Waals surface area contributed by atoms with Gasteiger partial charge in [-0.05, 0) is 44.2 Å². The van der Waals surface area contributed by atoms with Crippen molar-refractivity contribution < 1.29 is 9.59 Å². The molecule has 0 fully saturated rings. The number of rotatable bonds is 5. The largest absolute Gasteiger partial charge is 0.350 e. The van der Waals surface area contributed by atoms with Gasteiger partial charge in [0.15, 0.2) is 0 Å². The van der Waals surface area contributed by atoms with Gasteiger partial charge in [0.2, 0.25) is 11.8 Å². The molecule has 0 saturated heterocycles. The molecule has 2 amide bonds. The highest BCUT2D eigenvalue weighted by Gasteiger charge is 2.36. The Balaban J connectivity index is 1.98. The van der Waals surface area contributed by atoms with Crippen LogP contribution in [0.1, 0.15) is 19.5 Å². The Bertz CT molecular complexity index is 702. The molecule has 5 nitrogen and oxygen atoms in total. The molecular formula is C17H18BrN3O2. The van der Waals surface area contributed by atoms with E-state index in [9.17, 15) is 9.59 Å². The van der Waals surface area contributed by atoms with Crippen LogP contribution < -0.4 is 10.6 Å². The van der Waals surface area contributed by atoms with Crippen molar-refractivity contribution in [3.63, 3.8) is 0 Å². The average molecular weight is 376 g/mol. The first kappa shape index (κ1) is 17.1. The Morgan fingerprint density at radius 2 is 1.91 bits per heavy atom. The maximum atomic E-state index is 12.4. The first-order valence-corrected chi connectivity index (χ1v) is 7.94. The van der Waals surface area contributed by atoms with Crippen molar-refractivity contribution in [1.29, 1.82) is 0 Å². The van der Waals surface area contributed by atoms with E-state index in [-0.39, 0.29) is 18.4 Å². The Labute approximate surface area is 143 Å². The third-order valence-corrected chi connectivity index (χ3v) is 3.87. The minimum absolute atomic E-state index is 0.285. The van der Waals surface area contributed by atoms with Crippen molar-refractivity contribution in [2.45, 2.75) is 20.4 Å². The number of benzene rings is 1. The third-order valence-electron chi connectivity index (χ3n) is 3.37. The molecule has 0 spiro atoms. The highest BCUT2D eigenvalue weighted by Crippen LogP contribution is 2.21. The lowest BCUT2D eigenvalue weighted by Crippen LogP contribution is -2.44. The van der Waals surface area contributed by atoms with Crippen LogP contribution in [-0.2, 0) is 16.1 Å². The molecule has 0 aliphatic heterocycles. The molecule has 120 valence electrons. The fourth-order valence-electron chi connectivity index (χ4n) is 1.85. The van der Waals surface area contributed by atoms with Gasteiger partial charge in [-0.1, -0.05) is 28.1 Å². The Hall–Kier alpha value is -2.21. The van der Waals surface area contributed by atoms with Gasteiger partial charge in [0, 0.05) is 16.4 Å². The van der Waals surface area contributed by atoms with E-state index >= 15 is 0 Å². The summed E-state index contributed by atoms with van der Waals surface area (Å²) in [7, 11) is 0. The summed E-state index contributed by atoms with van der Waals surface area (Å²) in [6.07, 6.45) is 1.66. The van der Waals surface area contributed by atoms with E-state index in [1.54, 1.807) is 38.2 Å². The zero-order chi connectivity index (χ0) is 16.9. The molecule has 0 radical (unpaired) electrons. The van der Waals surface area contributed by atoms with E-state index in [4.69, 9.17) is 0 Å². The summed E-state index contributed by atoms with van der Waals surface area (Å²) in [5, 5.41) is 5.50. The molecule has 1 heterocycles. The average Bonchev–Trinajstić information content (AvgIpc) is 2.53. The molecule has 6 heteroatoms. The first-order valence-electron chi connectivity index (χ1n) is 7.15. The Morgan fingerprint density at radius 3 is 2.57 bits per heavy atom. The minimum Gasteiger partial charge on any atom is -0.350 e. The second-order valence-corrected chi connectivity index (χ2v) is 6.51. The van der Waals surface area contributed by atoms with Crippen molar-refractivity contribution in [1.82, 2.24) is 10.3 Å². The van der Waals surface area contributed by atoms with Crippen molar-refractivity contribution in [2.24, 2.45) is 5.41 Å². The molecule has 23 heavy (non-hydrogen) atoms. The highest BCUT2D eigenvalue weighted by molar-refractivity contribution is 9.10. The molecule has 1 aromatic heterocycles. The van der Waals surface area contributed by atoms with E-state index in [1.165, 1.54) is 0 Å². The SMILES string of the molecule is CC(C)(C(=O)NCc1ccccn1)C(=O)Nc1cccc(Br)c1. The van der Waals surface area contributed by atoms with Gasteiger partial charge in [-0.2, -0.15) is 0 Å². The number of hydrogen-bond donors (Lipinski definition) is 2. The number of pyridine rings is 1. The molecule has 2 rings (SSSR count). The number of carbonyl (C=O) groups is 2. The molecule has 0 aliphatic rings. The third kappa shape index (κ3) is 4.63. The molecule has 0 atom stereocenters. The van der Waals surface area contributed by atoms with Gasteiger partial charge in [0.1, 0.15) is 5.41 Å². The molecule has 0 unspecified atom stereocenters.